The van der Waals surface area contributed by atoms with E-state index in [4.69, 9.17) is 0 Å². The van der Waals surface area contributed by atoms with Crippen molar-refractivity contribution < 1.29 is 4.86 Å². The average molecular weight is 503 g/mol. The van der Waals surface area contributed by atoms with Gasteiger partial charge in [0.2, 0.25) is 5.69 Å². The predicted molar refractivity (Wildman–Crippen MR) is 160 cm³/mol. The number of azo groups is 1. The lowest BCUT2D eigenvalue weighted by molar-refractivity contribution is -0.435. The van der Waals surface area contributed by atoms with Crippen LogP contribution in [0.2, 0.25) is 0 Å². The van der Waals surface area contributed by atoms with Gasteiger partial charge in [0.05, 0.1) is 0 Å². The fourth-order valence-electron chi connectivity index (χ4n) is 4.74. The van der Waals surface area contributed by atoms with Gasteiger partial charge < -0.3 is 5.21 Å². The van der Waals surface area contributed by atoms with E-state index in [0.717, 1.165) is 49.4 Å². The molecule has 0 aliphatic carbocycles. The maximum Gasteiger partial charge on any atom is 0.246 e. The second-order valence-electron chi connectivity index (χ2n) is 9.37. The van der Waals surface area contributed by atoms with E-state index in [1.54, 1.807) is 0 Å². The molecular formula is C36H26N2O. The van der Waals surface area contributed by atoms with Gasteiger partial charge in [0.25, 0.3) is 0 Å². The zero-order chi connectivity index (χ0) is 26.4. The molecule has 0 radical (unpaired) electrons. The van der Waals surface area contributed by atoms with Crippen LogP contribution < -0.4 is 0 Å². The first kappa shape index (κ1) is 24.1. The number of benzene rings is 6. The lowest BCUT2D eigenvalue weighted by Crippen LogP contribution is -1.93. The van der Waals surface area contributed by atoms with Gasteiger partial charge in [-0.3, -0.25) is 0 Å². The quantitative estimate of drug-likeness (QED) is 0.127. The van der Waals surface area contributed by atoms with E-state index in [0.29, 0.717) is 11.4 Å². The summed E-state index contributed by atoms with van der Waals surface area (Å²) < 4.78 is 0. The van der Waals surface area contributed by atoms with Crippen molar-refractivity contribution in [3.63, 3.8) is 0 Å². The third-order valence-electron chi connectivity index (χ3n) is 6.69. The van der Waals surface area contributed by atoms with Crippen molar-refractivity contribution in [3.05, 3.63) is 163 Å². The monoisotopic (exact) mass is 502 g/mol. The van der Waals surface area contributed by atoms with E-state index < -0.39 is 0 Å². The second-order valence-corrected chi connectivity index (χ2v) is 9.37. The van der Waals surface area contributed by atoms with Crippen LogP contribution in [0.4, 0.5) is 11.4 Å². The zero-order valence-electron chi connectivity index (χ0n) is 21.3. The topological polar surface area (TPSA) is 38.4 Å². The number of nitrogens with zero attached hydrogens (tertiary/aromatic N) is 2. The molecule has 0 spiro atoms. The van der Waals surface area contributed by atoms with Gasteiger partial charge in [-0.1, -0.05) is 126 Å². The lowest BCUT2D eigenvalue weighted by Gasteiger charge is -2.10. The molecular weight excluding hydrogens is 476 g/mol. The Balaban J connectivity index is 1.48. The van der Waals surface area contributed by atoms with Gasteiger partial charge in [-0.05, 0) is 68.8 Å². The molecule has 186 valence electrons. The van der Waals surface area contributed by atoms with Gasteiger partial charge in [0.15, 0.2) is 0 Å². The fourth-order valence-corrected chi connectivity index (χ4v) is 4.74. The van der Waals surface area contributed by atoms with Gasteiger partial charge in [0, 0.05) is 17.2 Å². The Hall–Kier alpha value is -5.28. The average Bonchev–Trinajstić information content (AvgIpc) is 3.02. The first-order valence-electron chi connectivity index (χ1n) is 12.9. The largest absolute Gasteiger partial charge is 0.594 e. The van der Waals surface area contributed by atoms with Crippen LogP contribution in [0.5, 0.6) is 0 Å². The molecule has 6 aromatic carbocycles. The third kappa shape index (κ3) is 5.53. The first-order valence-corrected chi connectivity index (χ1v) is 12.9. The zero-order valence-corrected chi connectivity index (χ0v) is 21.3. The number of hydrogen-bond donors (Lipinski definition) is 0. The van der Waals surface area contributed by atoms with Gasteiger partial charge in [0.1, 0.15) is 5.69 Å². The summed E-state index contributed by atoms with van der Waals surface area (Å²) in [6, 6.07) is 52.5. The molecule has 0 N–H and O–H groups in total. The van der Waals surface area contributed by atoms with Crippen LogP contribution in [0.1, 0.15) is 0 Å². The first-order chi connectivity index (χ1) is 19.2. The molecule has 0 saturated carbocycles. The summed E-state index contributed by atoms with van der Waals surface area (Å²) in [4.78, 5) is 0.734. The van der Waals surface area contributed by atoms with E-state index in [1.807, 2.05) is 97.1 Å². The summed E-state index contributed by atoms with van der Waals surface area (Å²) >= 11 is 0. The van der Waals surface area contributed by atoms with Crippen molar-refractivity contribution in [3.8, 4) is 44.5 Å². The Morgan fingerprint density at radius 2 is 0.667 bits per heavy atom. The van der Waals surface area contributed by atoms with Crippen molar-refractivity contribution >= 4 is 11.4 Å². The van der Waals surface area contributed by atoms with Crippen LogP contribution >= 0.6 is 0 Å². The summed E-state index contributed by atoms with van der Waals surface area (Å²) in [5, 5.41) is 18.2. The molecule has 6 aromatic rings. The van der Waals surface area contributed by atoms with Crippen LogP contribution in [-0.4, -0.2) is 4.86 Å². The summed E-state index contributed by atoms with van der Waals surface area (Å²) in [5.41, 5.74) is 9.24. The molecule has 0 heterocycles. The molecule has 0 unspecified atom stereocenters. The van der Waals surface area contributed by atoms with Gasteiger partial charge in [-0.15, -0.1) is 0 Å². The Kier molecular flexibility index (Phi) is 6.79. The molecule has 0 aliphatic heterocycles. The minimum Gasteiger partial charge on any atom is -0.594 e. The third-order valence-corrected chi connectivity index (χ3v) is 6.69. The normalized spacial score (nSPS) is 11.3. The lowest BCUT2D eigenvalue weighted by atomic mass is 9.98. The van der Waals surface area contributed by atoms with Gasteiger partial charge >= 0.3 is 0 Å². The highest BCUT2D eigenvalue weighted by Crippen LogP contribution is 2.35. The maximum atomic E-state index is 13.6. The van der Waals surface area contributed by atoms with Crippen LogP contribution in [0.15, 0.2) is 163 Å². The number of rotatable bonds is 6. The molecule has 0 bridgehead atoms. The van der Waals surface area contributed by atoms with Gasteiger partial charge in [-0.25, -0.2) is 0 Å². The molecule has 0 fully saturated rings. The molecule has 3 nitrogen and oxygen atoms in total. The van der Waals surface area contributed by atoms with Crippen LogP contribution in [-0.2, 0) is 0 Å². The molecule has 0 atom stereocenters. The fraction of sp³-hybridized carbons (Fsp3) is 0. The second kappa shape index (κ2) is 11.0. The van der Waals surface area contributed by atoms with E-state index in [2.05, 4.69) is 65.8 Å². The van der Waals surface area contributed by atoms with Crippen molar-refractivity contribution in [1.29, 1.82) is 0 Å². The van der Waals surface area contributed by atoms with Crippen LogP contribution in [0.3, 0.4) is 0 Å². The Morgan fingerprint density at radius 1 is 0.359 bits per heavy atom. The van der Waals surface area contributed by atoms with E-state index >= 15 is 0 Å². The van der Waals surface area contributed by atoms with Crippen molar-refractivity contribution in [2.45, 2.75) is 0 Å². The smallest absolute Gasteiger partial charge is 0.246 e. The van der Waals surface area contributed by atoms with Crippen molar-refractivity contribution in [2.24, 2.45) is 5.11 Å². The van der Waals surface area contributed by atoms with E-state index in [-0.39, 0.29) is 0 Å². The molecule has 3 heteroatoms. The summed E-state index contributed by atoms with van der Waals surface area (Å²) in [7, 11) is 0. The summed E-state index contributed by atoms with van der Waals surface area (Å²) in [6.07, 6.45) is 0. The Morgan fingerprint density at radius 3 is 1.00 bits per heavy atom. The summed E-state index contributed by atoms with van der Waals surface area (Å²) in [5.74, 6) is 0. The SMILES string of the molecule is [O-][N+](=Nc1cc(-c2ccccc2)cc(-c2ccccc2)c1)c1cc(-c2ccccc2)cc(-c2ccccc2)c1. The van der Waals surface area contributed by atoms with Gasteiger partial charge in [-0.2, -0.15) is 0 Å². The predicted octanol–water partition coefficient (Wildman–Crippen LogP) is 10.3. The van der Waals surface area contributed by atoms with Crippen molar-refractivity contribution in [2.75, 3.05) is 0 Å². The molecule has 6 rings (SSSR count). The van der Waals surface area contributed by atoms with Crippen LogP contribution in [0, 0.1) is 5.21 Å². The highest BCUT2D eigenvalue weighted by molar-refractivity contribution is 5.78. The molecule has 0 aromatic heterocycles. The Labute approximate surface area is 228 Å². The molecule has 0 saturated heterocycles. The number of hydrogen-bond acceptors (Lipinski definition) is 2. The molecule has 0 amide bonds. The van der Waals surface area contributed by atoms with Crippen LogP contribution in [0.25, 0.3) is 44.5 Å². The van der Waals surface area contributed by atoms with Crippen molar-refractivity contribution in [1.82, 2.24) is 0 Å². The van der Waals surface area contributed by atoms with E-state index in [9.17, 15) is 5.21 Å². The Bertz CT molecular complexity index is 1610. The highest BCUT2D eigenvalue weighted by Gasteiger charge is 2.13. The maximum absolute atomic E-state index is 13.6. The summed E-state index contributed by atoms with van der Waals surface area (Å²) in [6.45, 7) is 0. The molecule has 0 aliphatic rings. The minimum atomic E-state index is 0.474. The van der Waals surface area contributed by atoms with E-state index in [1.165, 1.54) is 0 Å². The standard InChI is InChI=1S/C36H26N2O/c39-38(36-25-33(29-17-9-3-10-18-29)22-34(26-36)30-19-11-4-12-20-30)37-35-23-31(27-13-5-1-6-14-27)21-32(24-35)28-15-7-2-8-16-28/h1-26H. The molecule has 39 heavy (non-hydrogen) atoms. The minimum absolute atomic E-state index is 0.474. The highest BCUT2D eigenvalue weighted by atomic mass is 16.5.